The molecule has 4 heteroatoms. The van der Waals surface area contributed by atoms with E-state index in [-0.39, 0.29) is 5.97 Å². The maximum atomic E-state index is 11.2. The van der Waals surface area contributed by atoms with Crippen LogP contribution in [0.25, 0.3) is 0 Å². The van der Waals surface area contributed by atoms with Crippen molar-refractivity contribution in [3.63, 3.8) is 0 Å². The van der Waals surface area contributed by atoms with Crippen molar-refractivity contribution in [2.45, 2.75) is 19.8 Å². The molecule has 2 aromatic carbocycles. The van der Waals surface area contributed by atoms with E-state index in [1.165, 1.54) is 7.11 Å². The van der Waals surface area contributed by atoms with E-state index in [1.54, 1.807) is 0 Å². The molecule has 0 aromatic heterocycles. The van der Waals surface area contributed by atoms with Gasteiger partial charge >= 0.3 is 5.97 Å². The second-order valence-electron chi connectivity index (χ2n) is 4.72. The number of carbonyl (C=O) groups is 1. The summed E-state index contributed by atoms with van der Waals surface area (Å²) in [4.78, 5) is 11.2. The zero-order chi connectivity index (χ0) is 15.2. The van der Waals surface area contributed by atoms with Gasteiger partial charge in [-0.1, -0.05) is 28.1 Å². The third-order valence-electron chi connectivity index (χ3n) is 3.17. The molecule has 0 spiro atoms. The summed E-state index contributed by atoms with van der Waals surface area (Å²) in [6.45, 7) is 2.01. The summed E-state index contributed by atoms with van der Waals surface area (Å²) in [6, 6.07) is 13.6. The molecule has 0 radical (unpaired) electrons. The van der Waals surface area contributed by atoms with Crippen molar-refractivity contribution in [3.8, 4) is 11.5 Å². The van der Waals surface area contributed by atoms with E-state index in [9.17, 15) is 4.79 Å². The molecule has 0 saturated heterocycles. The Morgan fingerprint density at radius 1 is 1.14 bits per heavy atom. The Kier molecular flexibility index (Phi) is 5.39. The smallest absolute Gasteiger partial charge is 0.305 e. The number of benzene rings is 2. The fourth-order valence-corrected chi connectivity index (χ4v) is 2.40. The van der Waals surface area contributed by atoms with E-state index in [0.29, 0.717) is 12.8 Å². The van der Waals surface area contributed by atoms with Crippen LogP contribution >= 0.6 is 15.9 Å². The van der Waals surface area contributed by atoms with E-state index in [1.807, 2.05) is 49.4 Å². The van der Waals surface area contributed by atoms with Gasteiger partial charge in [-0.05, 0) is 54.8 Å². The molecule has 21 heavy (non-hydrogen) atoms. The van der Waals surface area contributed by atoms with Gasteiger partial charge in [0.2, 0.25) is 0 Å². The molecule has 0 fully saturated rings. The fraction of sp³-hybridized carbons (Fsp3) is 0.235. The molecule has 0 amide bonds. The van der Waals surface area contributed by atoms with Crippen LogP contribution in [0.15, 0.2) is 46.9 Å². The predicted octanol–water partition coefficient (Wildman–Crippen LogP) is 4.66. The third-order valence-corrected chi connectivity index (χ3v) is 3.67. The van der Waals surface area contributed by atoms with Crippen LogP contribution in [0.1, 0.15) is 17.5 Å². The molecule has 110 valence electrons. The normalized spacial score (nSPS) is 10.2. The first kappa shape index (κ1) is 15.6. The first-order valence-electron chi connectivity index (χ1n) is 6.68. The van der Waals surface area contributed by atoms with E-state index < -0.39 is 0 Å². The summed E-state index contributed by atoms with van der Waals surface area (Å²) in [5, 5.41) is 0. The lowest BCUT2D eigenvalue weighted by Gasteiger charge is -2.10. The minimum atomic E-state index is -0.191. The van der Waals surface area contributed by atoms with Gasteiger partial charge in [0.25, 0.3) is 0 Å². The average Bonchev–Trinajstić information content (AvgIpc) is 2.46. The second kappa shape index (κ2) is 7.27. The van der Waals surface area contributed by atoms with Crippen LogP contribution in [-0.2, 0) is 16.0 Å². The van der Waals surface area contributed by atoms with Gasteiger partial charge in [0.15, 0.2) is 0 Å². The first-order valence-corrected chi connectivity index (χ1v) is 7.47. The summed E-state index contributed by atoms with van der Waals surface area (Å²) in [5.74, 6) is 1.38. The Morgan fingerprint density at radius 3 is 2.57 bits per heavy atom. The summed E-state index contributed by atoms with van der Waals surface area (Å²) in [7, 11) is 1.41. The minimum Gasteiger partial charge on any atom is -0.469 e. The lowest BCUT2D eigenvalue weighted by molar-refractivity contribution is -0.140. The maximum Gasteiger partial charge on any atom is 0.305 e. The van der Waals surface area contributed by atoms with Crippen molar-refractivity contribution in [1.29, 1.82) is 0 Å². The van der Waals surface area contributed by atoms with E-state index >= 15 is 0 Å². The van der Waals surface area contributed by atoms with Crippen molar-refractivity contribution in [2.75, 3.05) is 7.11 Å². The Hall–Kier alpha value is -1.81. The molecule has 0 aliphatic heterocycles. The molecular formula is C17H17BrO3. The quantitative estimate of drug-likeness (QED) is 0.737. The van der Waals surface area contributed by atoms with Gasteiger partial charge in [-0.3, -0.25) is 4.79 Å². The van der Waals surface area contributed by atoms with Gasteiger partial charge in [-0.15, -0.1) is 0 Å². The molecule has 0 unspecified atom stereocenters. The van der Waals surface area contributed by atoms with Crippen LogP contribution in [0.2, 0.25) is 0 Å². The van der Waals surface area contributed by atoms with Crippen molar-refractivity contribution in [3.05, 3.63) is 58.1 Å². The Bertz CT molecular complexity index is 638. The fourth-order valence-electron chi connectivity index (χ4n) is 2.02. The van der Waals surface area contributed by atoms with Gasteiger partial charge in [0, 0.05) is 10.9 Å². The minimum absolute atomic E-state index is 0.191. The lowest BCUT2D eigenvalue weighted by atomic mass is 10.0. The largest absolute Gasteiger partial charge is 0.469 e. The lowest BCUT2D eigenvalue weighted by Crippen LogP contribution is -2.02. The molecule has 0 aliphatic carbocycles. The van der Waals surface area contributed by atoms with Gasteiger partial charge in [0.1, 0.15) is 11.5 Å². The molecule has 0 N–H and O–H groups in total. The highest BCUT2D eigenvalue weighted by Crippen LogP contribution is 2.26. The second-order valence-corrected chi connectivity index (χ2v) is 5.64. The van der Waals surface area contributed by atoms with Crippen LogP contribution in [0.3, 0.4) is 0 Å². The van der Waals surface area contributed by atoms with E-state index in [2.05, 4.69) is 20.7 Å². The molecule has 2 rings (SSSR count). The van der Waals surface area contributed by atoms with Crippen molar-refractivity contribution < 1.29 is 14.3 Å². The number of carbonyl (C=O) groups excluding carboxylic acids is 1. The van der Waals surface area contributed by atoms with Crippen LogP contribution in [0, 0.1) is 6.92 Å². The number of ether oxygens (including phenoxy) is 2. The molecule has 2 aromatic rings. The molecule has 0 saturated carbocycles. The third kappa shape index (κ3) is 4.60. The van der Waals surface area contributed by atoms with Gasteiger partial charge in [0.05, 0.1) is 7.11 Å². The van der Waals surface area contributed by atoms with Gasteiger partial charge < -0.3 is 9.47 Å². The number of methoxy groups -OCH3 is 1. The Labute approximate surface area is 133 Å². The monoisotopic (exact) mass is 348 g/mol. The van der Waals surface area contributed by atoms with Crippen LogP contribution in [-0.4, -0.2) is 13.1 Å². The van der Waals surface area contributed by atoms with Gasteiger partial charge in [-0.25, -0.2) is 0 Å². The highest BCUT2D eigenvalue weighted by molar-refractivity contribution is 9.10. The highest BCUT2D eigenvalue weighted by Gasteiger charge is 2.06. The Balaban J connectivity index is 2.06. The highest BCUT2D eigenvalue weighted by atomic mass is 79.9. The molecule has 0 aliphatic rings. The average molecular weight is 349 g/mol. The van der Waals surface area contributed by atoms with E-state index in [0.717, 1.165) is 27.1 Å². The number of rotatable bonds is 5. The van der Waals surface area contributed by atoms with E-state index in [4.69, 9.17) is 4.74 Å². The summed E-state index contributed by atoms with van der Waals surface area (Å²) in [6.07, 6.45) is 1.07. The Morgan fingerprint density at radius 2 is 1.90 bits per heavy atom. The molecular weight excluding hydrogens is 332 g/mol. The maximum absolute atomic E-state index is 11.2. The summed E-state index contributed by atoms with van der Waals surface area (Å²) < 4.78 is 11.5. The standard InChI is InChI=1S/C17H17BrO3/c1-12-10-16(21-15-5-3-4-14(18)11-15)8-6-13(12)7-9-17(19)20-2/h3-6,8,10-11H,7,9H2,1-2H3. The molecule has 0 heterocycles. The number of halogens is 1. The SMILES string of the molecule is COC(=O)CCc1ccc(Oc2cccc(Br)c2)cc1C. The predicted molar refractivity (Wildman–Crippen MR) is 85.7 cm³/mol. The number of esters is 1. The van der Waals surface area contributed by atoms with Gasteiger partial charge in [-0.2, -0.15) is 0 Å². The zero-order valence-corrected chi connectivity index (χ0v) is 13.6. The molecule has 3 nitrogen and oxygen atoms in total. The topological polar surface area (TPSA) is 35.5 Å². The summed E-state index contributed by atoms with van der Waals surface area (Å²) >= 11 is 3.42. The van der Waals surface area contributed by atoms with Crippen LogP contribution in [0.4, 0.5) is 0 Å². The van der Waals surface area contributed by atoms with Crippen molar-refractivity contribution in [2.24, 2.45) is 0 Å². The van der Waals surface area contributed by atoms with Crippen LogP contribution < -0.4 is 4.74 Å². The number of hydrogen-bond donors (Lipinski definition) is 0. The molecule has 0 atom stereocenters. The molecule has 0 bridgehead atoms. The summed E-state index contributed by atoms with van der Waals surface area (Å²) in [5.41, 5.74) is 2.23. The number of hydrogen-bond acceptors (Lipinski definition) is 3. The zero-order valence-electron chi connectivity index (χ0n) is 12.1. The first-order chi connectivity index (χ1) is 10.1. The van der Waals surface area contributed by atoms with Crippen LogP contribution in [0.5, 0.6) is 11.5 Å². The van der Waals surface area contributed by atoms with Crippen molar-refractivity contribution >= 4 is 21.9 Å². The number of aryl methyl sites for hydroxylation is 2. The van der Waals surface area contributed by atoms with Crippen molar-refractivity contribution in [1.82, 2.24) is 0 Å².